The highest BCUT2D eigenvalue weighted by molar-refractivity contribution is 7.89. The minimum atomic E-state index is -3.62. The summed E-state index contributed by atoms with van der Waals surface area (Å²) in [6.07, 6.45) is 8.35. The number of aryl methyl sites for hydroxylation is 1. The van der Waals surface area contributed by atoms with Crippen LogP contribution in [0, 0.1) is 12.8 Å². The summed E-state index contributed by atoms with van der Waals surface area (Å²) >= 11 is 0. The average molecular weight is 483 g/mol. The molecule has 0 radical (unpaired) electrons. The largest absolute Gasteiger partial charge is 0.343 e. The summed E-state index contributed by atoms with van der Waals surface area (Å²) in [4.78, 5) is 15.3. The fourth-order valence-electron chi connectivity index (χ4n) is 5.41. The molecule has 2 aromatic rings. The van der Waals surface area contributed by atoms with E-state index in [0.29, 0.717) is 10.8 Å². The smallest absolute Gasteiger partial charge is 0.243 e. The van der Waals surface area contributed by atoms with E-state index in [9.17, 15) is 13.2 Å². The van der Waals surface area contributed by atoms with Crippen LogP contribution in [0.4, 0.5) is 0 Å². The Labute approximate surface area is 205 Å². The summed E-state index contributed by atoms with van der Waals surface area (Å²) in [6.45, 7) is 3.76. The number of rotatable bonds is 8. The lowest BCUT2D eigenvalue weighted by Crippen LogP contribution is -2.45. The zero-order valence-corrected chi connectivity index (χ0v) is 21.2. The van der Waals surface area contributed by atoms with Gasteiger partial charge in [0.15, 0.2) is 0 Å². The first-order valence-corrected chi connectivity index (χ1v) is 14.3. The van der Waals surface area contributed by atoms with Crippen LogP contribution in [0.1, 0.15) is 62.5 Å². The molecular formula is C28H38N2O3S. The van der Waals surface area contributed by atoms with Crippen molar-refractivity contribution >= 4 is 15.9 Å². The van der Waals surface area contributed by atoms with Gasteiger partial charge in [0.05, 0.1) is 4.90 Å². The van der Waals surface area contributed by atoms with Crippen LogP contribution in [0.5, 0.6) is 0 Å². The number of hydrogen-bond acceptors (Lipinski definition) is 3. The van der Waals surface area contributed by atoms with E-state index in [-0.39, 0.29) is 24.9 Å². The molecule has 0 atom stereocenters. The van der Waals surface area contributed by atoms with E-state index >= 15 is 0 Å². The van der Waals surface area contributed by atoms with Gasteiger partial charge in [0.2, 0.25) is 15.9 Å². The van der Waals surface area contributed by atoms with Crippen molar-refractivity contribution in [2.24, 2.45) is 5.92 Å². The van der Waals surface area contributed by atoms with Gasteiger partial charge in [-0.3, -0.25) is 4.79 Å². The summed E-state index contributed by atoms with van der Waals surface area (Å²) in [7, 11) is -3.62. The molecule has 0 N–H and O–H groups in total. The van der Waals surface area contributed by atoms with E-state index in [1.807, 2.05) is 30.0 Å². The number of hydrogen-bond donors (Lipinski definition) is 0. The van der Waals surface area contributed by atoms with Gasteiger partial charge in [0, 0.05) is 32.1 Å². The molecule has 2 fully saturated rings. The van der Waals surface area contributed by atoms with E-state index in [0.717, 1.165) is 70.0 Å². The van der Waals surface area contributed by atoms with Crippen molar-refractivity contribution in [2.75, 3.05) is 19.6 Å². The molecule has 4 rings (SSSR count). The standard InChI is InChI=1S/C28H38N2O3S/c1-23-12-14-27(15-13-23)34(32,33)30(26-10-6-3-7-11-26)21-18-28(31)29-19-16-25(17-20-29)22-24-8-4-2-5-9-24/h2,4-5,8-9,12-15,25-26H,3,6-7,10-11,16-22H2,1H3. The molecule has 1 heterocycles. The van der Waals surface area contributed by atoms with Gasteiger partial charge in [-0.25, -0.2) is 8.42 Å². The molecule has 184 valence electrons. The third-order valence-electron chi connectivity index (χ3n) is 7.49. The monoisotopic (exact) mass is 482 g/mol. The maximum absolute atomic E-state index is 13.5. The predicted molar refractivity (Wildman–Crippen MR) is 136 cm³/mol. The lowest BCUT2D eigenvalue weighted by atomic mass is 9.90. The summed E-state index contributed by atoms with van der Waals surface area (Å²) in [5.41, 5.74) is 2.39. The van der Waals surface area contributed by atoms with E-state index in [1.54, 1.807) is 16.4 Å². The van der Waals surface area contributed by atoms with E-state index < -0.39 is 10.0 Å². The van der Waals surface area contributed by atoms with Crippen molar-refractivity contribution < 1.29 is 13.2 Å². The molecule has 2 aliphatic rings. The SMILES string of the molecule is Cc1ccc(S(=O)(=O)N(CCC(=O)N2CCC(Cc3ccccc3)CC2)C2CCCCC2)cc1. The number of nitrogens with zero attached hydrogens (tertiary/aromatic N) is 2. The second-order valence-corrected chi connectivity index (χ2v) is 11.9. The van der Waals surface area contributed by atoms with Crippen molar-refractivity contribution in [1.29, 1.82) is 0 Å². The van der Waals surface area contributed by atoms with Crippen molar-refractivity contribution in [3.05, 3.63) is 65.7 Å². The van der Waals surface area contributed by atoms with Gasteiger partial charge in [-0.1, -0.05) is 67.3 Å². The zero-order valence-electron chi connectivity index (χ0n) is 20.4. The van der Waals surface area contributed by atoms with Crippen molar-refractivity contribution in [2.45, 2.75) is 75.6 Å². The minimum absolute atomic E-state index is 0.00976. The van der Waals surface area contributed by atoms with Gasteiger partial charge >= 0.3 is 0 Å². The van der Waals surface area contributed by atoms with Crippen LogP contribution in [0.25, 0.3) is 0 Å². The minimum Gasteiger partial charge on any atom is -0.343 e. The highest BCUT2D eigenvalue weighted by Gasteiger charge is 2.33. The van der Waals surface area contributed by atoms with Gasteiger partial charge in [0.25, 0.3) is 0 Å². The number of carbonyl (C=O) groups excluding carboxylic acids is 1. The Morgan fingerprint density at radius 3 is 2.21 bits per heavy atom. The number of likely N-dealkylation sites (tertiary alicyclic amines) is 1. The molecule has 1 saturated heterocycles. The van der Waals surface area contributed by atoms with Gasteiger partial charge in [0.1, 0.15) is 0 Å². The fourth-order valence-corrected chi connectivity index (χ4v) is 7.10. The van der Waals surface area contributed by atoms with E-state index in [4.69, 9.17) is 0 Å². The molecular weight excluding hydrogens is 444 g/mol. The predicted octanol–water partition coefficient (Wildman–Crippen LogP) is 5.19. The Kier molecular flexibility index (Phi) is 8.43. The number of sulfonamides is 1. The summed E-state index contributed by atoms with van der Waals surface area (Å²) in [6, 6.07) is 17.6. The van der Waals surface area contributed by atoms with Gasteiger partial charge < -0.3 is 4.90 Å². The Morgan fingerprint density at radius 1 is 0.912 bits per heavy atom. The normalized spacial score (nSPS) is 18.4. The summed E-state index contributed by atoms with van der Waals surface area (Å²) < 4.78 is 28.7. The molecule has 1 saturated carbocycles. The first kappa shape index (κ1) is 24.9. The second kappa shape index (κ2) is 11.5. The topological polar surface area (TPSA) is 57.7 Å². The van der Waals surface area contributed by atoms with Crippen LogP contribution < -0.4 is 0 Å². The molecule has 1 aliphatic carbocycles. The third-order valence-corrected chi connectivity index (χ3v) is 9.46. The van der Waals surface area contributed by atoms with Crippen LogP contribution in [0.15, 0.2) is 59.5 Å². The molecule has 0 aromatic heterocycles. The Balaban J connectivity index is 1.36. The highest BCUT2D eigenvalue weighted by Crippen LogP contribution is 2.29. The van der Waals surface area contributed by atoms with Crippen molar-refractivity contribution in [3.63, 3.8) is 0 Å². The molecule has 0 bridgehead atoms. The third kappa shape index (κ3) is 6.28. The number of benzene rings is 2. The Bertz CT molecular complexity index is 1020. The van der Waals surface area contributed by atoms with Crippen LogP contribution in [-0.4, -0.2) is 49.2 Å². The molecule has 34 heavy (non-hydrogen) atoms. The first-order valence-electron chi connectivity index (χ1n) is 12.8. The number of piperidine rings is 1. The maximum atomic E-state index is 13.5. The second-order valence-electron chi connectivity index (χ2n) is 9.98. The summed E-state index contributed by atoms with van der Waals surface area (Å²) in [5.74, 6) is 0.685. The van der Waals surface area contributed by atoms with E-state index in [2.05, 4.69) is 24.3 Å². The number of carbonyl (C=O) groups is 1. The first-order chi connectivity index (χ1) is 16.4. The molecule has 1 amide bonds. The quantitative estimate of drug-likeness (QED) is 0.520. The van der Waals surface area contributed by atoms with Crippen molar-refractivity contribution in [1.82, 2.24) is 9.21 Å². The lowest BCUT2D eigenvalue weighted by molar-refractivity contribution is -0.132. The molecule has 5 nitrogen and oxygen atoms in total. The number of amides is 1. The van der Waals surface area contributed by atoms with Gasteiger partial charge in [-0.15, -0.1) is 0 Å². The highest BCUT2D eigenvalue weighted by atomic mass is 32.2. The molecule has 2 aromatic carbocycles. The molecule has 6 heteroatoms. The fraction of sp³-hybridized carbons (Fsp3) is 0.536. The van der Waals surface area contributed by atoms with Crippen LogP contribution in [0.2, 0.25) is 0 Å². The van der Waals surface area contributed by atoms with Gasteiger partial charge in [-0.05, 0) is 62.6 Å². The van der Waals surface area contributed by atoms with Crippen LogP contribution >= 0.6 is 0 Å². The Hall–Kier alpha value is -2.18. The molecule has 0 unspecified atom stereocenters. The van der Waals surface area contributed by atoms with Crippen LogP contribution in [0.3, 0.4) is 0 Å². The van der Waals surface area contributed by atoms with Crippen molar-refractivity contribution in [3.8, 4) is 0 Å². The summed E-state index contributed by atoms with van der Waals surface area (Å²) in [5, 5.41) is 0. The average Bonchev–Trinajstić information content (AvgIpc) is 2.86. The molecule has 0 spiro atoms. The van der Waals surface area contributed by atoms with Crippen LogP contribution in [-0.2, 0) is 21.2 Å². The zero-order chi connectivity index (χ0) is 24.0. The maximum Gasteiger partial charge on any atom is 0.243 e. The molecule has 1 aliphatic heterocycles. The lowest BCUT2D eigenvalue weighted by Gasteiger charge is -2.35. The van der Waals surface area contributed by atoms with Gasteiger partial charge in [-0.2, -0.15) is 4.31 Å². The Morgan fingerprint density at radius 2 is 1.56 bits per heavy atom. The van der Waals surface area contributed by atoms with E-state index in [1.165, 1.54) is 5.56 Å².